The number of hydrogen-bond acceptors (Lipinski definition) is 2. The van der Waals surface area contributed by atoms with Crippen molar-refractivity contribution in [1.82, 2.24) is 0 Å². The van der Waals surface area contributed by atoms with E-state index in [1.807, 2.05) is 32.0 Å². The normalized spacial score (nSPS) is 12.6. The molecule has 14 heavy (non-hydrogen) atoms. The third kappa shape index (κ3) is 3.31. The second kappa shape index (κ2) is 5.37. The van der Waals surface area contributed by atoms with Crippen molar-refractivity contribution < 1.29 is 4.74 Å². The molecule has 0 saturated heterocycles. The van der Waals surface area contributed by atoms with E-state index in [0.29, 0.717) is 6.61 Å². The number of hydrogen-bond donors (Lipinski definition) is 1. The van der Waals surface area contributed by atoms with E-state index < -0.39 is 0 Å². The lowest BCUT2D eigenvalue weighted by atomic mass is 10.1. The van der Waals surface area contributed by atoms with Gasteiger partial charge in [-0.25, -0.2) is 0 Å². The maximum atomic E-state index is 5.76. The van der Waals surface area contributed by atoms with Crippen molar-refractivity contribution in [2.24, 2.45) is 5.73 Å². The van der Waals surface area contributed by atoms with Crippen LogP contribution in [0.4, 0.5) is 0 Å². The molecule has 78 valence electrons. The first-order chi connectivity index (χ1) is 6.63. The molecule has 0 bridgehead atoms. The Morgan fingerprint density at radius 1 is 1.50 bits per heavy atom. The summed E-state index contributed by atoms with van der Waals surface area (Å²) in [7, 11) is 0. The molecule has 0 aromatic heterocycles. The molecule has 1 aromatic carbocycles. The average Bonchev–Trinajstić information content (AvgIpc) is 2.10. The van der Waals surface area contributed by atoms with Crippen LogP contribution in [0.15, 0.2) is 22.7 Å². The molecule has 1 atom stereocenters. The van der Waals surface area contributed by atoms with Gasteiger partial charge >= 0.3 is 0 Å². The first-order valence-electron chi connectivity index (χ1n) is 4.80. The summed E-state index contributed by atoms with van der Waals surface area (Å²) in [6.45, 7) is 4.67. The highest BCUT2D eigenvalue weighted by Crippen LogP contribution is 2.23. The first kappa shape index (κ1) is 11.5. The fourth-order valence-electron chi connectivity index (χ4n) is 1.31. The summed E-state index contributed by atoms with van der Waals surface area (Å²) < 4.78 is 6.52. The first-order valence-corrected chi connectivity index (χ1v) is 5.59. The van der Waals surface area contributed by atoms with Crippen LogP contribution in [0.3, 0.4) is 0 Å². The fraction of sp³-hybridized carbons (Fsp3) is 0.455. The topological polar surface area (TPSA) is 35.2 Å². The van der Waals surface area contributed by atoms with E-state index in [-0.39, 0.29) is 6.04 Å². The van der Waals surface area contributed by atoms with Crippen molar-refractivity contribution in [2.75, 3.05) is 6.61 Å². The molecule has 1 aromatic rings. The third-order valence-corrected chi connectivity index (χ3v) is 2.64. The molecule has 1 rings (SSSR count). The lowest BCUT2D eigenvalue weighted by molar-refractivity contribution is 0.340. The summed E-state index contributed by atoms with van der Waals surface area (Å²) in [6, 6.07) is 6.17. The molecule has 2 nitrogen and oxygen atoms in total. The smallest absolute Gasteiger partial charge is 0.119 e. The fourth-order valence-corrected chi connectivity index (χ4v) is 1.72. The monoisotopic (exact) mass is 257 g/mol. The minimum absolute atomic E-state index is 0.170. The standard InChI is InChI=1S/C11H16BrNO/c1-3-14-10-4-5-11(12)9(7-10)6-8(2)13/h4-5,7-8H,3,6,13H2,1-2H3. The van der Waals surface area contributed by atoms with Gasteiger partial charge in [0.15, 0.2) is 0 Å². The van der Waals surface area contributed by atoms with Crippen LogP contribution < -0.4 is 10.5 Å². The van der Waals surface area contributed by atoms with Crippen LogP contribution in [0.2, 0.25) is 0 Å². The lowest BCUT2D eigenvalue weighted by Gasteiger charge is -2.10. The Labute approximate surface area is 93.6 Å². The SMILES string of the molecule is CCOc1ccc(Br)c(CC(C)N)c1. The van der Waals surface area contributed by atoms with Crippen LogP contribution in [0.25, 0.3) is 0 Å². The molecular weight excluding hydrogens is 242 g/mol. The second-order valence-corrected chi connectivity index (χ2v) is 4.22. The van der Waals surface area contributed by atoms with Gasteiger partial charge < -0.3 is 10.5 Å². The maximum Gasteiger partial charge on any atom is 0.119 e. The number of halogens is 1. The van der Waals surface area contributed by atoms with Crippen LogP contribution in [0.5, 0.6) is 5.75 Å². The van der Waals surface area contributed by atoms with Gasteiger partial charge in [0.25, 0.3) is 0 Å². The molecule has 0 fully saturated rings. The predicted molar refractivity (Wildman–Crippen MR) is 62.7 cm³/mol. The van der Waals surface area contributed by atoms with Crippen LogP contribution in [0, 0.1) is 0 Å². The Hall–Kier alpha value is -0.540. The lowest BCUT2D eigenvalue weighted by Crippen LogP contribution is -2.18. The third-order valence-electron chi connectivity index (χ3n) is 1.87. The van der Waals surface area contributed by atoms with Crippen molar-refractivity contribution in [2.45, 2.75) is 26.3 Å². The summed E-state index contributed by atoms with van der Waals surface area (Å²) in [6.07, 6.45) is 0.863. The van der Waals surface area contributed by atoms with Gasteiger partial charge in [-0.15, -0.1) is 0 Å². The molecule has 0 radical (unpaired) electrons. The largest absolute Gasteiger partial charge is 0.494 e. The molecule has 0 spiro atoms. The molecule has 0 amide bonds. The van der Waals surface area contributed by atoms with Gasteiger partial charge in [0.2, 0.25) is 0 Å². The molecule has 2 N–H and O–H groups in total. The van der Waals surface area contributed by atoms with E-state index in [0.717, 1.165) is 16.6 Å². The zero-order chi connectivity index (χ0) is 10.6. The Kier molecular flexibility index (Phi) is 4.42. The number of nitrogens with two attached hydrogens (primary N) is 1. The van der Waals surface area contributed by atoms with E-state index in [4.69, 9.17) is 10.5 Å². The van der Waals surface area contributed by atoms with Crippen LogP contribution in [-0.4, -0.2) is 12.6 Å². The van der Waals surface area contributed by atoms with Crippen LogP contribution in [0.1, 0.15) is 19.4 Å². The highest BCUT2D eigenvalue weighted by atomic mass is 79.9. The predicted octanol–water partition coefficient (Wildman–Crippen LogP) is 2.74. The number of ether oxygens (including phenoxy) is 1. The molecule has 0 heterocycles. The summed E-state index contributed by atoms with van der Waals surface area (Å²) in [5.74, 6) is 0.909. The average molecular weight is 258 g/mol. The minimum Gasteiger partial charge on any atom is -0.494 e. The quantitative estimate of drug-likeness (QED) is 0.901. The van der Waals surface area contributed by atoms with Crippen molar-refractivity contribution in [3.63, 3.8) is 0 Å². The zero-order valence-electron chi connectivity index (χ0n) is 8.59. The van der Waals surface area contributed by atoms with Gasteiger partial charge in [-0.1, -0.05) is 15.9 Å². The van der Waals surface area contributed by atoms with Crippen molar-refractivity contribution in [1.29, 1.82) is 0 Å². The Morgan fingerprint density at radius 2 is 2.21 bits per heavy atom. The Bertz CT molecular complexity index is 299. The number of benzene rings is 1. The van der Waals surface area contributed by atoms with Crippen molar-refractivity contribution in [3.05, 3.63) is 28.2 Å². The van der Waals surface area contributed by atoms with Crippen molar-refractivity contribution in [3.8, 4) is 5.75 Å². The van der Waals surface area contributed by atoms with Gasteiger partial charge in [-0.2, -0.15) is 0 Å². The Morgan fingerprint density at radius 3 is 2.79 bits per heavy atom. The van der Waals surface area contributed by atoms with E-state index in [2.05, 4.69) is 15.9 Å². The molecule has 0 aliphatic carbocycles. The van der Waals surface area contributed by atoms with Crippen LogP contribution >= 0.6 is 15.9 Å². The van der Waals surface area contributed by atoms with Gasteiger partial charge in [-0.05, 0) is 44.0 Å². The molecule has 3 heteroatoms. The van der Waals surface area contributed by atoms with Gasteiger partial charge in [0, 0.05) is 10.5 Å². The van der Waals surface area contributed by atoms with E-state index in [1.54, 1.807) is 0 Å². The Balaban J connectivity index is 2.84. The summed E-state index contributed by atoms with van der Waals surface area (Å²) in [5.41, 5.74) is 6.96. The molecule has 1 unspecified atom stereocenters. The maximum absolute atomic E-state index is 5.76. The van der Waals surface area contributed by atoms with Gasteiger partial charge in [0.05, 0.1) is 6.61 Å². The van der Waals surface area contributed by atoms with Gasteiger partial charge in [-0.3, -0.25) is 0 Å². The molecule has 0 aliphatic heterocycles. The zero-order valence-corrected chi connectivity index (χ0v) is 10.2. The molecule has 0 saturated carbocycles. The van der Waals surface area contributed by atoms with Crippen LogP contribution in [-0.2, 0) is 6.42 Å². The highest BCUT2D eigenvalue weighted by Gasteiger charge is 2.04. The minimum atomic E-state index is 0.170. The number of rotatable bonds is 4. The van der Waals surface area contributed by atoms with E-state index in [9.17, 15) is 0 Å². The molecular formula is C11H16BrNO. The van der Waals surface area contributed by atoms with E-state index >= 15 is 0 Å². The van der Waals surface area contributed by atoms with E-state index in [1.165, 1.54) is 5.56 Å². The molecule has 0 aliphatic rings. The summed E-state index contributed by atoms with van der Waals surface area (Å²) in [5, 5.41) is 0. The summed E-state index contributed by atoms with van der Waals surface area (Å²) in [4.78, 5) is 0. The van der Waals surface area contributed by atoms with Crippen molar-refractivity contribution >= 4 is 15.9 Å². The summed E-state index contributed by atoms with van der Waals surface area (Å²) >= 11 is 3.50. The second-order valence-electron chi connectivity index (χ2n) is 3.37. The highest BCUT2D eigenvalue weighted by molar-refractivity contribution is 9.10. The van der Waals surface area contributed by atoms with Gasteiger partial charge in [0.1, 0.15) is 5.75 Å².